The van der Waals surface area contributed by atoms with Crippen LogP contribution >= 0.6 is 0 Å². The summed E-state index contributed by atoms with van der Waals surface area (Å²) in [5.74, 6) is 0.823. The molecule has 0 amide bonds. The molecule has 0 saturated heterocycles. The standard InChI is InChI=1S/C8H18N3/c1-3-4-6-11(2)7-5-8(9)10-11/h3-7H2,1-2H3,(H2,9,10)/q+1. The van der Waals surface area contributed by atoms with Crippen LogP contribution in [0.3, 0.4) is 0 Å². The van der Waals surface area contributed by atoms with Crippen LogP contribution in [0.15, 0.2) is 5.10 Å². The Morgan fingerprint density at radius 2 is 2.36 bits per heavy atom. The minimum Gasteiger partial charge on any atom is -0.383 e. The van der Waals surface area contributed by atoms with Crippen LogP contribution in [-0.2, 0) is 0 Å². The molecule has 3 heteroatoms. The molecule has 0 bridgehead atoms. The highest BCUT2D eigenvalue weighted by molar-refractivity contribution is 5.80. The number of hydrogen-bond donors (Lipinski definition) is 1. The zero-order chi connectivity index (χ0) is 8.32. The Hall–Kier alpha value is -0.570. The van der Waals surface area contributed by atoms with Gasteiger partial charge in [-0.2, -0.15) is 4.59 Å². The first-order valence-electron chi connectivity index (χ1n) is 4.35. The fourth-order valence-electron chi connectivity index (χ4n) is 1.43. The van der Waals surface area contributed by atoms with Crippen molar-refractivity contribution >= 4 is 5.84 Å². The molecule has 0 aromatic carbocycles. The maximum absolute atomic E-state index is 5.62. The summed E-state index contributed by atoms with van der Waals surface area (Å²) in [7, 11) is 2.15. The van der Waals surface area contributed by atoms with Crippen molar-refractivity contribution in [2.45, 2.75) is 26.2 Å². The second kappa shape index (κ2) is 3.22. The van der Waals surface area contributed by atoms with Gasteiger partial charge in [0.05, 0.1) is 13.5 Å². The zero-order valence-corrected chi connectivity index (χ0v) is 7.51. The van der Waals surface area contributed by atoms with Crippen molar-refractivity contribution in [2.75, 3.05) is 20.1 Å². The first-order chi connectivity index (χ1) is 5.16. The lowest BCUT2D eigenvalue weighted by Gasteiger charge is -2.22. The number of quaternary nitrogens is 1. The predicted molar refractivity (Wildman–Crippen MR) is 47.1 cm³/mol. The Bertz CT molecular complexity index is 165. The van der Waals surface area contributed by atoms with E-state index in [0.717, 1.165) is 29.9 Å². The number of amidine groups is 1. The topological polar surface area (TPSA) is 38.4 Å². The molecule has 2 N–H and O–H groups in total. The van der Waals surface area contributed by atoms with Crippen LogP contribution < -0.4 is 5.73 Å². The Morgan fingerprint density at radius 3 is 2.82 bits per heavy atom. The lowest BCUT2D eigenvalue weighted by Crippen LogP contribution is -2.36. The monoisotopic (exact) mass is 156 g/mol. The molecule has 1 aliphatic rings. The van der Waals surface area contributed by atoms with Gasteiger partial charge in [0, 0.05) is 0 Å². The van der Waals surface area contributed by atoms with E-state index < -0.39 is 0 Å². The van der Waals surface area contributed by atoms with Gasteiger partial charge < -0.3 is 5.73 Å². The highest BCUT2D eigenvalue weighted by Gasteiger charge is 2.27. The lowest BCUT2D eigenvalue weighted by molar-refractivity contribution is -0.910. The molecule has 1 heterocycles. The van der Waals surface area contributed by atoms with E-state index in [1.807, 2.05) is 0 Å². The molecule has 1 unspecified atom stereocenters. The van der Waals surface area contributed by atoms with E-state index in [0.29, 0.717) is 0 Å². The van der Waals surface area contributed by atoms with E-state index in [4.69, 9.17) is 5.73 Å². The van der Waals surface area contributed by atoms with Gasteiger partial charge in [-0.3, -0.25) is 0 Å². The summed E-state index contributed by atoms with van der Waals surface area (Å²) in [6, 6.07) is 0. The molecular weight excluding hydrogens is 138 g/mol. The number of nitrogens with zero attached hydrogens (tertiary/aromatic N) is 2. The molecule has 11 heavy (non-hydrogen) atoms. The van der Waals surface area contributed by atoms with Crippen molar-refractivity contribution in [1.29, 1.82) is 0 Å². The minimum atomic E-state index is 0.805. The van der Waals surface area contributed by atoms with Crippen molar-refractivity contribution in [2.24, 2.45) is 10.8 Å². The number of nitrogens with two attached hydrogens (primary N) is 1. The van der Waals surface area contributed by atoms with E-state index in [-0.39, 0.29) is 0 Å². The summed E-state index contributed by atoms with van der Waals surface area (Å²) in [5, 5.41) is 4.39. The maximum atomic E-state index is 5.62. The third-order valence-corrected chi connectivity index (χ3v) is 2.21. The average molecular weight is 156 g/mol. The van der Waals surface area contributed by atoms with Crippen LogP contribution in [0.25, 0.3) is 0 Å². The number of unbranched alkanes of at least 4 members (excludes halogenated alkanes) is 1. The molecule has 0 aliphatic carbocycles. The summed E-state index contributed by atoms with van der Waals surface area (Å²) in [4.78, 5) is 0. The smallest absolute Gasteiger partial charge is 0.161 e. The van der Waals surface area contributed by atoms with E-state index in [1.54, 1.807) is 0 Å². The Balaban J connectivity index is 2.42. The Labute approximate surface area is 68.5 Å². The lowest BCUT2D eigenvalue weighted by atomic mass is 10.3. The van der Waals surface area contributed by atoms with Crippen LogP contribution in [0.1, 0.15) is 26.2 Å². The molecule has 0 spiro atoms. The summed E-state index contributed by atoms with van der Waals surface area (Å²) >= 11 is 0. The fraction of sp³-hybridized carbons (Fsp3) is 0.875. The van der Waals surface area contributed by atoms with Crippen molar-refractivity contribution in [3.05, 3.63) is 0 Å². The SMILES string of the molecule is CCCC[N+]1(C)CCC(N)=N1. The molecular formula is C8H18N3+. The van der Waals surface area contributed by atoms with Crippen molar-refractivity contribution in [3.63, 3.8) is 0 Å². The maximum Gasteiger partial charge on any atom is 0.161 e. The van der Waals surface area contributed by atoms with Crippen molar-refractivity contribution in [3.8, 4) is 0 Å². The van der Waals surface area contributed by atoms with Gasteiger partial charge >= 0.3 is 0 Å². The van der Waals surface area contributed by atoms with Gasteiger partial charge in [0.15, 0.2) is 5.84 Å². The van der Waals surface area contributed by atoms with Gasteiger partial charge in [0.25, 0.3) is 0 Å². The molecule has 1 atom stereocenters. The molecule has 1 rings (SSSR count). The van der Waals surface area contributed by atoms with Crippen LogP contribution in [0.5, 0.6) is 0 Å². The highest BCUT2D eigenvalue weighted by atomic mass is 15.6. The molecule has 0 saturated carbocycles. The van der Waals surface area contributed by atoms with Crippen LogP contribution in [0.4, 0.5) is 0 Å². The quantitative estimate of drug-likeness (QED) is 0.606. The third kappa shape index (κ3) is 2.19. The van der Waals surface area contributed by atoms with Crippen LogP contribution in [-0.4, -0.2) is 30.6 Å². The molecule has 0 aromatic heterocycles. The normalized spacial score (nSPS) is 30.5. The highest BCUT2D eigenvalue weighted by Crippen LogP contribution is 2.14. The summed E-state index contributed by atoms with van der Waals surface area (Å²) in [5.41, 5.74) is 5.62. The van der Waals surface area contributed by atoms with E-state index in [2.05, 4.69) is 19.1 Å². The second-order valence-corrected chi connectivity index (χ2v) is 3.48. The Kier molecular flexibility index (Phi) is 2.49. The summed E-state index contributed by atoms with van der Waals surface area (Å²) in [6.07, 6.45) is 3.46. The fourth-order valence-corrected chi connectivity index (χ4v) is 1.43. The first kappa shape index (κ1) is 8.53. The van der Waals surface area contributed by atoms with Gasteiger partial charge in [-0.1, -0.05) is 18.4 Å². The summed E-state index contributed by atoms with van der Waals surface area (Å²) < 4.78 is 0.805. The molecule has 1 aliphatic heterocycles. The number of hydrogen-bond acceptors (Lipinski definition) is 2. The summed E-state index contributed by atoms with van der Waals surface area (Å²) in [6.45, 7) is 4.43. The van der Waals surface area contributed by atoms with Crippen molar-refractivity contribution < 1.29 is 4.59 Å². The average Bonchev–Trinajstić information content (AvgIpc) is 2.28. The molecule has 3 nitrogen and oxygen atoms in total. The molecule has 0 fully saturated rings. The van der Waals surface area contributed by atoms with Gasteiger partial charge in [0.1, 0.15) is 13.1 Å². The third-order valence-electron chi connectivity index (χ3n) is 2.21. The molecule has 64 valence electrons. The van der Waals surface area contributed by atoms with Gasteiger partial charge in [0.2, 0.25) is 0 Å². The van der Waals surface area contributed by atoms with E-state index in [1.165, 1.54) is 12.8 Å². The Morgan fingerprint density at radius 1 is 1.64 bits per heavy atom. The zero-order valence-electron chi connectivity index (χ0n) is 7.51. The first-order valence-corrected chi connectivity index (χ1v) is 4.35. The van der Waals surface area contributed by atoms with E-state index >= 15 is 0 Å². The van der Waals surface area contributed by atoms with Crippen LogP contribution in [0, 0.1) is 0 Å². The van der Waals surface area contributed by atoms with Gasteiger partial charge in [-0.05, 0) is 6.42 Å². The molecule has 0 radical (unpaired) electrons. The van der Waals surface area contributed by atoms with E-state index in [9.17, 15) is 0 Å². The van der Waals surface area contributed by atoms with Gasteiger partial charge in [-0.25, -0.2) is 0 Å². The van der Waals surface area contributed by atoms with Crippen molar-refractivity contribution in [1.82, 2.24) is 0 Å². The van der Waals surface area contributed by atoms with Gasteiger partial charge in [-0.15, -0.1) is 0 Å². The number of rotatable bonds is 3. The predicted octanol–water partition coefficient (Wildman–Crippen LogP) is 0.909. The largest absolute Gasteiger partial charge is 0.383 e. The minimum absolute atomic E-state index is 0.805. The molecule has 0 aromatic rings. The van der Waals surface area contributed by atoms with Crippen LogP contribution in [0.2, 0.25) is 0 Å². The second-order valence-electron chi connectivity index (χ2n) is 3.48.